The summed E-state index contributed by atoms with van der Waals surface area (Å²) in [5, 5.41) is 3.55. The van der Waals surface area contributed by atoms with Crippen molar-refractivity contribution in [1.29, 1.82) is 0 Å². The molecule has 3 saturated carbocycles. The third-order valence-corrected chi connectivity index (χ3v) is 12.3. The van der Waals surface area contributed by atoms with E-state index in [1.54, 1.807) is 13.2 Å². The molecule has 0 radical (unpaired) electrons. The van der Waals surface area contributed by atoms with Crippen LogP contribution in [0, 0.1) is 17.8 Å². The second-order valence-corrected chi connectivity index (χ2v) is 16.0. The van der Waals surface area contributed by atoms with Crippen LogP contribution in [0.4, 0.5) is 10.5 Å². The van der Waals surface area contributed by atoms with Crippen LogP contribution in [0.5, 0.6) is 5.75 Å². The quantitative estimate of drug-likeness (QED) is 0.357. The number of fused-ring (bicyclic) bond motifs is 5. The lowest BCUT2D eigenvalue weighted by Crippen LogP contribution is -2.43. The number of nitrogens with one attached hydrogen (secondary N) is 2. The predicted molar refractivity (Wildman–Crippen MR) is 180 cm³/mol. The van der Waals surface area contributed by atoms with Gasteiger partial charge in [0.15, 0.2) is 0 Å². The van der Waals surface area contributed by atoms with Crippen LogP contribution in [-0.2, 0) is 21.2 Å². The molecule has 3 amide bonds. The average Bonchev–Trinajstić information content (AvgIpc) is 3.95. The van der Waals surface area contributed by atoms with Crippen LogP contribution >= 0.6 is 11.6 Å². The monoisotopic (exact) mass is 666 g/mol. The largest absolute Gasteiger partial charge is 0.491 e. The summed E-state index contributed by atoms with van der Waals surface area (Å²) in [4.78, 5) is 28.7. The fourth-order valence-corrected chi connectivity index (χ4v) is 8.95. The van der Waals surface area contributed by atoms with Crippen LogP contribution in [0.2, 0.25) is 5.02 Å². The molecule has 3 aliphatic carbocycles. The van der Waals surface area contributed by atoms with E-state index in [0.717, 1.165) is 55.8 Å². The third kappa shape index (κ3) is 7.09. The predicted octanol–water partition coefficient (Wildman–Crippen LogP) is 6.61. The van der Waals surface area contributed by atoms with Crippen molar-refractivity contribution in [1.82, 2.24) is 10.0 Å². The zero-order valence-corrected chi connectivity index (χ0v) is 27.9. The van der Waals surface area contributed by atoms with Crippen molar-refractivity contribution >= 4 is 39.1 Å². The van der Waals surface area contributed by atoms with Crippen LogP contribution in [0.1, 0.15) is 78.8 Å². The van der Waals surface area contributed by atoms with Crippen molar-refractivity contribution in [2.24, 2.45) is 22.1 Å². The number of amides is 3. The maximum Gasteiger partial charge on any atom is 0.327 e. The highest BCUT2D eigenvalue weighted by atomic mass is 35.5. The average molecular weight is 667 g/mol. The van der Waals surface area contributed by atoms with E-state index < -0.39 is 21.9 Å². The maximum absolute atomic E-state index is 14.0. The molecule has 2 aromatic carbocycles. The van der Waals surface area contributed by atoms with E-state index in [2.05, 4.69) is 43.6 Å². The summed E-state index contributed by atoms with van der Waals surface area (Å²) in [6.45, 7) is 1.97. The Morgan fingerprint density at radius 2 is 1.98 bits per heavy atom. The molecule has 5 aliphatic rings. The molecular formula is C35H43ClN4O5S. The Kier molecular flexibility index (Phi) is 9.04. The van der Waals surface area contributed by atoms with Gasteiger partial charge in [0.05, 0.1) is 24.2 Å². The Hall–Kier alpha value is -3.08. The Labute approximate surface area is 276 Å². The molecule has 0 spiro atoms. The number of halogens is 1. The van der Waals surface area contributed by atoms with Crippen LogP contribution in [0.25, 0.3) is 0 Å². The molecule has 2 aliphatic heterocycles. The van der Waals surface area contributed by atoms with Crippen LogP contribution in [0.3, 0.4) is 0 Å². The number of carbonyl (C=O) groups is 2. The maximum atomic E-state index is 14.0. The minimum absolute atomic E-state index is 0.0333. The molecule has 46 heavy (non-hydrogen) atoms. The van der Waals surface area contributed by atoms with E-state index in [1.165, 1.54) is 11.1 Å². The lowest BCUT2D eigenvalue weighted by molar-refractivity contribution is 0.0134. The first-order valence-corrected chi connectivity index (χ1v) is 18.7. The van der Waals surface area contributed by atoms with Gasteiger partial charge in [0.2, 0.25) is 0 Å². The number of urea groups is 1. The summed E-state index contributed by atoms with van der Waals surface area (Å²) in [6.07, 6.45) is 11.3. The van der Waals surface area contributed by atoms with E-state index in [1.807, 2.05) is 18.2 Å². The number of hydrogen-bond acceptors (Lipinski definition) is 6. The molecule has 0 aromatic heterocycles. The van der Waals surface area contributed by atoms with E-state index in [0.29, 0.717) is 61.0 Å². The minimum atomic E-state index is -3.38. The van der Waals surface area contributed by atoms with Gasteiger partial charge in [0, 0.05) is 36.8 Å². The second-order valence-electron chi connectivity index (χ2n) is 13.5. The van der Waals surface area contributed by atoms with Crippen molar-refractivity contribution < 1.29 is 23.3 Å². The smallest absolute Gasteiger partial charge is 0.327 e. The molecule has 0 saturated heterocycles. The molecule has 3 fully saturated rings. The van der Waals surface area contributed by atoms with Gasteiger partial charge in [-0.3, -0.25) is 9.52 Å². The Bertz CT molecular complexity index is 1650. The first-order valence-electron chi connectivity index (χ1n) is 16.7. The Morgan fingerprint density at radius 3 is 2.76 bits per heavy atom. The van der Waals surface area contributed by atoms with E-state index in [-0.39, 0.29) is 17.9 Å². The zero-order valence-electron chi connectivity index (χ0n) is 26.3. The van der Waals surface area contributed by atoms with Crippen molar-refractivity contribution in [2.75, 3.05) is 30.9 Å². The fraction of sp³-hybridized carbons (Fsp3) is 0.543. The summed E-state index contributed by atoms with van der Waals surface area (Å²) in [5.74, 6) is 1.93. The Balaban J connectivity index is 1.30. The SMILES string of the molecule is CO[C@H]1/C=C/CCCS(=O)(NC(=O)NC2CC2)=NC(=O)c2ccc3c(c2)N(Cc2ccc(Cl)cc2[C@H]2C[C@H]2CCO3)C[C@@H]2CC[C@H]21. The van der Waals surface area contributed by atoms with E-state index in [4.69, 9.17) is 21.1 Å². The highest BCUT2D eigenvalue weighted by molar-refractivity contribution is 7.92. The molecule has 2 heterocycles. The molecule has 1 unspecified atom stereocenters. The molecule has 2 N–H and O–H groups in total. The number of nitrogens with zero attached hydrogens (tertiary/aromatic N) is 2. The van der Waals surface area contributed by atoms with Gasteiger partial charge in [-0.05, 0) is 116 Å². The molecule has 2 bridgehead atoms. The van der Waals surface area contributed by atoms with Gasteiger partial charge in [0.25, 0.3) is 5.91 Å². The van der Waals surface area contributed by atoms with Gasteiger partial charge in [-0.1, -0.05) is 29.8 Å². The minimum Gasteiger partial charge on any atom is -0.491 e. The molecule has 6 atom stereocenters. The first kappa shape index (κ1) is 31.5. The highest BCUT2D eigenvalue weighted by Crippen LogP contribution is 2.52. The standard InChI is InChI=1S/C35H43ClN4O5S/c1-44-32-5-3-2-4-16-46(43,39-35(42)37-27-10-11-27)38-34(41)23-8-13-33-31(18-23)40(20-24-7-12-28(24)32)21-25-6-9-26(36)19-30(25)29-17-22(29)14-15-45-33/h3,5-6,8-9,13,18-19,22,24,27-29,32H,2,4,7,10-12,14-17,20-21H2,1H3,(H2,37,38,39,41,42,43)/b5-3+/t22-,24+,28-,29+,32+,46?/m1/s1. The fourth-order valence-electron chi connectivity index (χ4n) is 7.25. The summed E-state index contributed by atoms with van der Waals surface area (Å²) in [5.41, 5.74) is 3.65. The van der Waals surface area contributed by atoms with Gasteiger partial charge in [0.1, 0.15) is 15.7 Å². The number of methoxy groups -OCH3 is 1. The normalized spacial score (nSPS) is 31.7. The lowest BCUT2D eigenvalue weighted by atomic mass is 9.70. The van der Waals surface area contributed by atoms with Crippen LogP contribution < -0.4 is 19.7 Å². The summed E-state index contributed by atoms with van der Waals surface area (Å²) in [6, 6.07) is 11.1. The van der Waals surface area contributed by atoms with E-state index >= 15 is 0 Å². The number of carbonyl (C=O) groups excluding carboxylic acids is 2. The summed E-state index contributed by atoms with van der Waals surface area (Å²) in [7, 11) is -1.62. The summed E-state index contributed by atoms with van der Waals surface area (Å²) >= 11 is 6.52. The molecule has 9 nitrogen and oxygen atoms in total. The molecule has 7 rings (SSSR count). The number of ether oxygens (including phenoxy) is 2. The Morgan fingerprint density at radius 1 is 1.11 bits per heavy atom. The number of benzene rings is 2. The second kappa shape index (κ2) is 13.2. The molecular weight excluding hydrogens is 624 g/mol. The number of allylic oxidation sites excluding steroid dienone is 1. The zero-order chi connectivity index (χ0) is 31.8. The van der Waals surface area contributed by atoms with Crippen LogP contribution in [-0.4, -0.2) is 54.3 Å². The lowest BCUT2D eigenvalue weighted by Gasteiger charge is -2.43. The van der Waals surface area contributed by atoms with Gasteiger partial charge in [-0.2, -0.15) is 0 Å². The van der Waals surface area contributed by atoms with Crippen molar-refractivity contribution in [3.8, 4) is 5.75 Å². The summed E-state index contributed by atoms with van der Waals surface area (Å²) < 4.78 is 33.2. The van der Waals surface area contributed by atoms with Gasteiger partial charge in [-0.15, -0.1) is 4.36 Å². The number of anilines is 1. The van der Waals surface area contributed by atoms with E-state index in [9.17, 15) is 13.8 Å². The molecule has 246 valence electrons. The van der Waals surface area contributed by atoms with Gasteiger partial charge >= 0.3 is 6.03 Å². The number of hydrogen-bond donors (Lipinski definition) is 2. The highest BCUT2D eigenvalue weighted by Gasteiger charge is 2.41. The molecule has 2 aromatic rings. The van der Waals surface area contributed by atoms with Crippen molar-refractivity contribution in [3.63, 3.8) is 0 Å². The van der Waals surface area contributed by atoms with Crippen LogP contribution in [0.15, 0.2) is 52.9 Å². The van der Waals surface area contributed by atoms with Gasteiger partial charge < -0.3 is 19.7 Å². The van der Waals surface area contributed by atoms with Crippen molar-refractivity contribution in [3.05, 3.63) is 70.3 Å². The third-order valence-electron chi connectivity index (χ3n) is 10.2. The van der Waals surface area contributed by atoms with Gasteiger partial charge in [-0.25, -0.2) is 9.00 Å². The topological polar surface area (TPSA) is 109 Å². The number of rotatable bonds is 3. The molecule has 11 heteroatoms. The first-order chi connectivity index (χ1) is 22.3. The van der Waals surface area contributed by atoms with Crippen molar-refractivity contribution in [2.45, 2.75) is 76.0 Å².